The molecule has 0 unspecified atom stereocenters. The van der Waals surface area contributed by atoms with Crippen LogP contribution in [0.25, 0.3) is 0 Å². The lowest BCUT2D eigenvalue weighted by Crippen LogP contribution is -2.35. The van der Waals surface area contributed by atoms with Crippen LogP contribution in [-0.4, -0.2) is 34.4 Å². The maximum absolute atomic E-state index is 12.5. The van der Waals surface area contributed by atoms with Crippen LogP contribution in [0.1, 0.15) is 32.1 Å². The molecule has 2 saturated heterocycles. The van der Waals surface area contributed by atoms with E-state index < -0.39 is 0 Å². The first-order valence-corrected chi connectivity index (χ1v) is 8.48. The van der Waals surface area contributed by atoms with Gasteiger partial charge in [-0.05, 0) is 38.0 Å². The van der Waals surface area contributed by atoms with Crippen LogP contribution in [0.5, 0.6) is 0 Å². The molecule has 1 amide bonds. The molecule has 20 heavy (non-hydrogen) atoms. The number of thiocarbonyl (C=S) groups is 1. The molecule has 3 aliphatic rings. The summed E-state index contributed by atoms with van der Waals surface area (Å²) in [7, 11) is 0. The zero-order valence-corrected chi connectivity index (χ0v) is 13.0. The summed E-state index contributed by atoms with van der Waals surface area (Å²) >= 11 is 6.80. The van der Waals surface area contributed by atoms with E-state index in [-0.39, 0.29) is 12.0 Å². The number of nitrogens with zero attached hydrogens (tertiary/aromatic N) is 1. The summed E-state index contributed by atoms with van der Waals surface area (Å²) in [4.78, 5) is 15.0. The quantitative estimate of drug-likeness (QED) is 0.455. The van der Waals surface area contributed by atoms with Gasteiger partial charge in [-0.1, -0.05) is 42.2 Å². The smallest absolute Gasteiger partial charge is 0.265 e. The molecular formula is C15H19NO2S2. The van der Waals surface area contributed by atoms with Crippen molar-refractivity contribution in [2.24, 2.45) is 5.92 Å². The summed E-state index contributed by atoms with van der Waals surface area (Å²) in [5, 5.41) is 0. The minimum Gasteiger partial charge on any atom is -0.376 e. The van der Waals surface area contributed by atoms with Gasteiger partial charge >= 0.3 is 0 Å². The molecule has 5 heteroatoms. The standard InChI is InChI=1S/C15H19NO2S2/c17-14-13(9-11-5-2-1-3-6-11)20-15(19)16(14)10-12-7-4-8-18-12/h1-2,9,11-12H,3-8,10H2/b13-9-/t11-,12-/m1/s1. The predicted molar refractivity (Wildman–Crippen MR) is 85.4 cm³/mol. The van der Waals surface area contributed by atoms with Crippen LogP contribution in [0.3, 0.4) is 0 Å². The van der Waals surface area contributed by atoms with Crippen molar-refractivity contribution in [1.82, 2.24) is 4.90 Å². The average molecular weight is 309 g/mol. The largest absolute Gasteiger partial charge is 0.376 e. The number of allylic oxidation sites excluding steroid dienone is 3. The van der Waals surface area contributed by atoms with E-state index in [9.17, 15) is 4.79 Å². The van der Waals surface area contributed by atoms with Crippen molar-refractivity contribution in [2.75, 3.05) is 13.2 Å². The van der Waals surface area contributed by atoms with Crippen molar-refractivity contribution in [3.63, 3.8) is 0 Å². The second-order valence-electron chi connectivity index (χ2n) is 5.49. The number of amides is 1. The highest BCUT2D eigenvalue weighted by Crippen LogP contribution is 2.34. The van der Waals surface area contributed by atoms with Gasteiger partial charge in [-0.25, -0.2) is 0 Å². The van der Waals surface area contributed by atoms with Crippen molar-refractivity contribution in [1.29, 1.82) is 0 Å². The third-order valence-electron chi connectivity index (χ3n) is 3.98. The number of hydrogen-bond acceptors (Lipinski definition) is 4. The number of ether oxygens (including phenoxy) is 1. The first-order valence-electron chi connectivity index (χ1n) is 7.26. The fourth-order valence-corrected chi connectivity index (χ4v) is 4.19. The number of rotatable bonds is 3. The second kappa shape index (κ2) is 6.41. The third-order valence-corrected chi connectivity index (χ3v) is 5.38. The van der Waals surface area contributed by atoms with Gasteiger partial charge in [0.2, 0.25) is 0 Å². The molecule has 2 heterocycles. The Morgan fingerprint density at radius 1 is 1.45 bits per heavy atom. The first-order chi connectivity index (χ1) is 9.74. The molecule has 0 radical (unpaired) electrons. The SMILES string of the molecule is O=C1/C(=C/[C@@H]2CC=CCC2)SC(=S)N1C[C@H]1CCCO1. The van der Waals surface area contributed by atoms with Crippen LogP contribution in [0, 0.1) is 5.92 Å². The summed E-state index contributed by atoms with van der Waals surface area (Å²) in [5.74, 6) is 0.557. The molecule has 108 valence electrons. The molecule has 3 nitrogen and oxygen atoms in total. The fourth-order valence-electron chi connectivity index (χ4n) is 2.85. The molecule has 0 saturated carbocycles. The second-order valence-corrected chi connectivity index (χ2v) is 7.17. The predicted octanol–water partition coefficient (Wildman–Crippen LogP) is 3.27. The van der Waals surface area contributed by atoms with Crippen molar-refractivity contribution in [3.8, 4) is 0 Å². The zero-order chi connectivity index (χ0) is 13.9. The summed E-state index contributed by atoms with van der Waals surface area (Å²) in [5.41, 5.74) is 0. The highest BCUT2D eigenvalue weighted by Gasteiger charge is 2.34. The summed E-state index contributed by atoms with van der Waals surface area (Å²) in [6.45, 7) is 1.43. The third kappa shape index (κ3) is 3.15. The van der Waals surface area contributed by atoms with Crippen LogP contribution < -0.4 is 0 Å². The zero-order valence-electron chi connectivity index (χ0n) is 11.4. The topological polar surface area (TPSA) is 29.5 Å². The van der Waals surface area contributed by atoms with E-state index in [0.29, 0.717) is 16.8 Å². The maximum Gasteiger partial charge on any atom is 0.265 e. The van der Waals surface area contributed by atoms with Gasteiger partial charge in [0.05, 0.1) is 17.6 Å². The first kappa shape index (κ1) is 14.3. The molecule has 2 fully saturated rings. The average Bonchev–Trinajstić information content (AvgIpc) is 3.05. The van der Waals surface area contributed by atoms with Crippen LogP contribution >= 0.6 is 24.0 Å². The monoisotopic (exact) mass is 309 g/mol. The van der Waals surface area contributed by atoms with Gasteiger partial charge < -0.3 is 4.74 Å². The molecule has 2 aliphatic heterocycles. The summed E-state index contributed by atoms with van der Waals surface area (Å²) in [6.07, 6.45) is 12.1. The Hall–Kier alpha value is -0.650. The number of carbonyl (C=O) groups excluding carboxylic acids is 1. The molecule has 0 aromatic heterocycles. The van der Waals surface area contributed by atoms with Gasteiger partial charge in [0.1, 0.15) is 4.32 Å². The Balaban J connectivity index is 1.66. The van der Waals surface area contributed by atoms with Crippen molar-refractivity contribution < 1.29 is 9.53 Å². The summed E-state index contributed by atoms with van der Waals surface area (Å²) < 4.78 is 6.29. The Morgan fingerprint density at radius 3 is 3.05 bits per heavy atom. The van der Waals surface area contributed by atoms with E-state index >= 15 is 0 Å². The normalized spacial score (nSPS) is 32.6. The summed E-state index contributed by atoms with van der Waals surface area (Å²) in [6, 6.07) is 0. The van der Waals surface area contributed by atoms with Gasteiger partial charge in [0, 0.05) is 6.61 Å². The van der Waals surface area contributed by atoms with Crippen molar-refractivity contribution in [3.05, 3.63) is 23.1 Å². The van der Waals surface area contributed by atoms with E-state index in [1.807, 2.05) is 0 Å². The fraction of sp³-hybridized carbons (Fsp3) is 0.600. The lowest BCUT2D eigenvalue weighted by molar-refractivity contribution is -0.123. The van der Waals surface area contributed by atoms with Gasteiger partial charge in [0.25, 0.3) is 5.91 Å². The Labute approximate surface area is 129 Å². The lowest BCUT2D eigenvalue weighted by Gasteiger charge is -2.18. The minimum atomic E-state index is 0.0741. The van der Waals surface area contributed by atoms with Crippen LogP contribution in [0.4, 0.5) is 0 Å². The van der Waals surface area contributed by atoms with E-state index in [4.69, 9.17) is 17.0 Å². The highest BCUT2D eigenvalue weighted by molar-refractivity contribution is 8.26. The van der Waals surface area contributed by atoms with Gasteiger partial charge in [-0.3, -0.25) is 9.69 Å². The van der Waals surface area contributed by atoms with Crippen LogP contribution in [-0.2, 0) is 9.53 Å². The molecular weight excluding hydrogens is 290 g/mol. The molecule has 2 atom stereocenters. The highest BCUT2D eigenvalue weighted by atomic mass is 32.2. The molecule has 1 aliphatic carbocycles. The maximum atomic E-state index is 12.5. The molecule has 3 rings (SSSR count). The molecule has 0 bridgehead atoms. The van der Waals surface area contributed by atoms with Crippen molar-refractivity contribution >= 4 is 34.2 Å². The van der Waals surface area contributed by atoms with Crippen LogP contribution in [0.2, 0.25) is 0 Å². The van der Waals surface area contributed by atoms with Crippen LogP contribution in [0.15, 0.2) is 23.1 Å². The van der Waals surface area contributed by atoms with E-state index in [1.54, 1.807) is 4.90 Å². The number of carbonyl (C=O) groups is 1. The lowest BCUT2D eigenvalue weighted by atomic mass is 9.94. The van der Waals surface area contributed by atoms with Gasteiger partial charge in [-0.15, -0.1) is 0 Å². The number of hydrogen-bond donors (Lipinski definition) is 0. The molecule has 0 aromatic rings. The van der Waals surface area contributed by atoms with E-state index in [0.717, 1.165) is 43.6 Å². The Kier molecular flexibility index (Phi) is 4.58. The minimum absolute atomic E-state index is 0.0741. The molecule has 0 spiro atoms. The van der Waals surface area contributed by atoms with Gasteiger partial charge in [0.15, 0.2) is 0 Å². The number of thioether (sulfide) groups is 1. The molecule has 0 N–H and O–H groups in total. The Morgan fingerprint density at radius 2 is 2.35 bits per heavy atom. The van der Waals surface area contributed by atoms with E-state index in [2.05, 4.69) is 18.2 Å². The van der Waals surface area contributed by atoms with E-state index in [1.165, 1.54) is 11.8 Å². The Bertz CT molecular complexity index is 466. The van der Waals surface area contributed by atoms with Gasteiger partial charge in [-0.2, -0.15) is 0 Å². The molecule has 0 aromatic carbocycles. The van der Waals surface area contributed by atoms with Crippen molar-refractivity contribution in [2.45, 2.75) is 38.2 Å².